The summed E-state index contributed by atoms with van der Waals surface area (Å²) in [6.07, 6.45) is 28.6. The minimum Gasteiger partial charge on any atom is -0.376 e. The van der Waals surface area contributed by atoms with Crippen molar-refractivity contribution in [2.75, 3.05) is 67.2 Å². The fourth-order valence-electron chi connectivity index (χ4n) is 12.2. The number of nitro benzene ring substituents is 1. The second-order valence-electron chi connectivity index (χ2n) is 29.3. The number of hydrogen-bond donors (Lipinski definition) is 6. The SMILES string of the molecule is CCCCC[C@H](CC)SCNc1ccc(C)cc1C(F)(F)F.CCCCC[C@H](CC)SCNc1ccc(C)cc1F.CCCCC[C@H](CC)SCNc1ccccc1.CCCCC[C@H](CC)SCNc1ccccc1C(F)(F)F.CCCCC[C@H](CC)SCNc1ccccc1F.CCCCC[C@H](CC)SCNc1ccccc1[N+](=O)[O-]. The molecule has 0 heterocycles. The number of nitrogens with zero attached hydrogens (tertiary/aromatic N) is 1. The first-order chi connectivity index (χ1) is 56.4. The van der Waals surface area contributed by atoms with Crippen molar-refractivity contribution in [1.82, 2.24) is 0 Å². The van der Waals surface area contributed by atoms with Gasteiger partial charge in [0.05, 0.1) is 62.7 Å². The molecule has 0 radical (unpaired) electrons. The molecule has 0 aromatic heterocycles. The zero-order valence-electron chi connectivity index (χ0n) is 73.4. The van der Waals surface area contributed by atoms with E-state index in [2.05, 4.69) is 157 Å². The van der Waals surface area contributed by atoms with Gasteiger partial charge < -0.3 is 31.9 Å². The van der Waals surface area contributed by atoms with Crippen molar-refractivity contribution in [3.05, 3.63) is 184 Å². The molecule has 6 aromatic rings. The number of benzene rings is 6. The molecule has 9 nitrogen and oxygen atoms in total. The van der Waals surface area contributed by atoms with Gasteiger partial charge >= 0.3 is 12.4 Å². The number of halogens is 8. The first-order valence-corrected chi connectivity index (χ1v) is 49.9. The molecule has 0 bridgehead atoms. The first-order valence-electron chi connectivity index (χ1n) is 43.6. The van der Waals surface area contributed by atoms with Gasteiger partial charge in [0, 0.05) is 54.6 Å². The molecule has 0 saturated heterocycles. The molecule has 0 aliphatic carbocycles. The van der Waals surface area contributed by atoms with Gasteiger partial charge in [-0.25, -0.2) is 8.78 Å². The third-order valence-electron chi connectivity index (χ3n) is 19.6. The molecule has 0 fully saturated rings. The molecule has 6 rings (SSSR count). The summed E-state index contributed by atoms with van der Waals surface area (Å²) in [5.41, 5.74) is 3.95. The molecular formula is C94H149F8N7O2S6. The van der Waals surface area contributed by atoms with Crippen LogP contribution in [-0.4, -0.2) is 71.7 Å². The van der Waals surface area contributed by atoms with E-state index in [1.54, 1.807) is 72.9 Å². The number of nitro groups is 1. The largest absolute Gasteiger partial charge is 0.418 e. The van der Waals surface area contributed by atoms with Gasteiger partial charge in [0.15, 0.2) is 0 Å². The average Bonchev–Trinajstić information content (AvgIpc) is 0.827. The maximum atomic E-state index is 13.6. The summed E-state index contributed by atoms with van der Waals surface area (Å²) in [6.45, 7) is 30.1. The highest BCUT2D eigenvalue weighted by molar-refractivity contribution is 8.01. The van der Waals surface area contributed by atoms with Gasteiger partial charge in [0.1, 0.15) is 17.3 Å². The van der Waals surface area contributed by atoms with E-state index < -0.39 is 23.5 Å². The molecule has 6 N–H and O–H groups in total. The highest BCUT2D eigenvalue weighted by Crippen LogP contribution is 2.38. The van der Waals surface area contributed by atoms with E-state index in [9.17, 15) is 45.2 Å². The van der Waals surface area contributed by atoms with Crippen LogP contribution in [0, 0.1) is 35.6 Å². The molecule has 0 aliphatic rings. The highest BCUT2D eigenvalue weighted by atomic mass is 32.2. The zero-order chi connectivity index (χ0) is 86.8. The predicted molar refractivity (Wildman–Crippen MR) is 511 cm³/mol. The second kappa shape index (κ2) is 70.6. The van der Waals surface area contributed by atoms with Crippen LogP contribution in [0.3, 0.4) is 0 Å². The number of para-hydroxylation sites is 5. The van der Waals surface area contributed by atoms with Crippen LogP contribution in [0.25, 0.3) is 0 Å². The number of alkyl halides is 6. The monoisotopic (exact) mass is 1750 g/mol. The third kappa shape index (κ3) is 54.2. The van der Waals surface area contributed by atoms with E-state index in [0.717, 1.165) is 72.5 Å². The van der Waals surface area contributed by atoms with Crippen LogP contribution in [0.2, 0.25) is 0 Å². The lowest BCUT2D eigenvalue weighted by Gasteiger charge is -2.18. The van der Waals surface area contributed by atoms with E-state index in [0.29, 0.717) is 60.6 Å². The average molecular weight is 1750 g/mol. The number of hydrogen-bond acceptors (Lipinski definition) is 14. The van der Waals surface area contributed by atoms with Crippen molar-refractivity contribution in [1.29, 1.82) is 0 Å². The number of rotatable bonds is 55. The van der Waals surface area contributed by atoms with E-state index in [1.165, 1.54) is 203 Å². The fraction of sp³-hybridized carbons (Fsp3) is 0.617. The van der Waals surface area contributed by atoms with Crippen molar-refractivity contribution in [2.24, 2.45) is 0 Å². The topological polar surface area (TPSA) is 115 Å². The van der Waals surface area contributed by atoms with E-state index in [-0.39, 0.29) is 33.6 Å². The molecular weight excluding hydrogens is 1600 g/mol. The molecule has 117 heavy (non-hydrogen) atoms. The van der Waals surface area contributed by atoms with Crippen LogP contribution >= 0.6 is 70.6 Å². The standard InChI is InChI=1S/C17H26F3NS.C16H24F3NS.C16H26FNS.C15H24FNS.C15H24N2O2S.C15H25NS/c1-4-6-7-8-14(5-2)22-12-21-16-10-9-13(3)11-15(16)17(18,19)20;1-3-5-6-9-13(4-2)21-12-20-15-11-8-7-10-14(15)16(17,18)19;1-4-6-7-8-14(5-2)19-12-18-16-10-9-13(3)11-15(16)17;1-3-5-6-9-13(4-2)18-12-17-15-11-8-7-10-14(15)16;1-3-5-6-9-13(4-2)20-12-16-14-10-7-8-11-15(14)17(18)19;1-3-5-7-12-15(4-2)17-13-16-14-10-8-6-9-11-14/h9-11,14,21H,4-8,12H2,1-3H3;7-8,10-11,13,20H,3-6,9,12H2,1-2H3;9-11,14,18H,4-8,12H2,1-3H3;7-8,10-11,13,17H,3-6,9,12H2,1-2H3;7-8,10-11,13,16H,3-6,9,12H2,1-2H3;6,8-11,15-16H,3-5,7,12-13H2,1-2H3/t14-;13-;14-;2*13-;15-/m000000/s1. The summed E-state index contributed by atoms with van der Waals surface area (Å²) >= 11 is 11.1. The summed E-state index contributed by atoms with van der Waals surface area (Å²) in [4.78, 5) is 10.6. The van der Waals surface area contributed by atoms with Crippen molar-refractivity contribution < 1.29 is 40.0 Å². The number of unbranched alkanes of at least 4 members (excludes halogenated alkanes) is 12. The molecule has 6 atom stereocenters. The van der Waals surface area contributed by atoms with Crippen LogP contribution in [-0.2, 0) is 12.4 Å². The molecule has 0 amide bonds. The molecule has 0 unspecified atom stereocenters. The smallest absolute Gasteiger partial charge is 0.376 e. The van der Waals surface area contributed by atoms with Gasteiger partial charge in [-0.2, -0.15) is 26.3 Å². The Labute approximate surface area is 729 Å². The van der Waals surface area contributed by atoms with Gasteiger partial charge in [-0.1, -0.05) is 271 Å². The molecule has 23 heteroatoms. The fourth-order valence-corrected chi connectivity index (χ4v) is 18.5. The molecule has 0 aliphatic heterocycles. The Balaban J connectivity index is 0.000000703. The Kier molecular flexibility index (Phi) is 66.4. The molecule has 6 aromatic carbocycles. The maximum absolute atomic E-state index is 13.6. The summed E-state index contributed by atoms with van der Waals surface area (Å²) in [6, 6.07) is 39.5. The van der Waals surface area contributed by atoms with Crippen LogP contribution in [0.5, 0.6) is 0 Å². The summed E-state index contributed by atoms with van der Waals surface area (Å²) in [5, 5.41) is 33.6. The zero-order valence-corrected chi connectivity index (χ0v) is 78.3. The van der Waals surface area contributed by atoms with E-state index in [4.69, 9.17) is 0 Å². The quantitative estimate of drug-likeness (QED) is 0.00716. The Morgan fingerprint density at radius 3 is 0.940 bits per heavy atom. The van der Waals surface area contributed by atoms with Crippen LogP contribution < -0.4 is 31.9 Å². The van der Waals surface area contributed by atoms with Gasteiger partial charge in [-0.15, -0.1) is 70.6 Å². The lowest BCUT2D eigenvalue weighted by atomic mass is 10.1. The summed E-state index contributed by atoms with van der Waals surface area (Å²) in [5.74, 6) is 4.01. The maximum Gasteiger partial charge on any atom is 0.418 e. The predicted octanol–water partition coefficient (Wildman–Crippen LogP) is 33.7. The van der Waals surface area contributed by atoms with Gasteiger partial charge in [0.2, 0.25) is 0 Å². The van der Waals surface area contributed by atoms with Crippen molar-refractivity contribution in [2.45, 2.75) is 333 Å². The third-order valence-corrected chi connectivity index (χ3v) is 27.7. The van der Waals surface area contributed by atoms with E-state index in [1.807, 2.05) is 66.5 Å². The van der Waals surface area contributed by atoms with Crippen molar-refractivity contribution in [3.63, 3.8) is 0 Å². The van der Waals surface area contributed by atoms with Gasteiger partial charge in [-0.3, -0.25) is 10.1 Å². The van der Waals surface area contributed by atoms with E-state index >= 15 is 0 Å². The minimum absolute atomic E-state index is 0.145. The Morgan fingerprint density at radius 1 is 0.316 bits per heavy atom. The molecule has 0 spiro atoms. The highest BCUT2D eigenvalue weighted by Gasteiger charge is 2.34. The van der Waals surface area contributed by atoms with Crippen LogP contribution in [0.15, 0.2) is 140 Å². The Morgan fingerprint density at radius 2 is 0.598 bits per heavy atom. The van der Waals surface area contributed by atoms with Crippen molar-refractivity contribution >= 4 is 110 Å². The first kappa shape index (κ1) is 110. The van der Waals surface area contributed by atoms with Gasteiger partial charge in [0.25, 0.3) is 5.69 Å². The second-order valence-corrected chi connectivity index (χ2v) is 37.0. The normalized spacial score (nSPS) is 12.6. The lowest BCUT2D eigenvalue weighted by molar-refractivity contribution is -0.383. The number of anilines is 6. The summed E-state index contributed by atoms with van der Waals surface area (Å²) in [7, 11) is 0. The summed E-state index contributed by atoms with van der Waals surface area (Å²) < 4.78 is 105. The Bertz CT molecular complexity index is 3370. The molecule has 664 valence electrons. The number of thioether (sulfide) groups is 6. The lowest BCUT2D eigenvalue weighted by Crippen LogP contribution is -2.12. The minimum atomic E-state index is -4.32. The van der Waals surface area contributed by atoms with Crippen molar-refractivity contribution in [3.8, 4) is 0 Å². The molecule has 0 saturated carbocycles. The van der Waals surface area contributed by atoms with Crippen LogP contribution in [0.1, 0.15) is 298 Å². The van der Waals surface area contributed by atoms with Gasteiger partial charge in [-0.05, 0) is 163 Å². The number of aryl methyl sites for hydroxylation is 2. The Hall–Kier alpha value is -4.94. The number of nitrogens with one attached hydrogen (secondary N) is 6. The van der Waals surface area contributed by atoms with Crippen LogP contribution in [0.4, 0.5) is 74.9 Å².